The first kappa shape index (κ1) is 28.2. The summed E-state index contributed by atoms with van der Waals surface area (Å²) in [6.45, 7) is 0. The molecule has 9 nitrogen and oxygen atoms in total. The van der Waals surface area contributed by atoms with Crippen molar-refractivity contribution in [2.24, 2.45) is 0 Å². The monoisotopic (exact) mass is 616 g/mol. The summed E-state index contributed by atoms with van der Waals surface area (Å²) >= 11 is 4.01. The van der Waals surface area contributed by atoms with Crippen molar-refractivity contribution < 1.29 is 24.2 Å². The molecule has 2 amide bonds. The number of carbonyl (C=O) groups excluding carboxylic acids is 3. The minimum Gasteiger partial charge on any atom is -0.448 e. The van der Waals surface area contributed by atoms with Crippen molar-refractivity contribution >= 4 is 52.6 Å². The Morgan fingerprint density at radius 3 is 2.12 bits per heavy atom. The highest BCUT2D eigenvalue weighted by Crippen LogP contribution is 2.46. The number of esters is 1. The van der Waals surface area contributed by atoms with Gasteiger partial charge in [-0.15, -0.1) is 22.0 Å². The van der Waals surface area contributed by atoms with Crippen LogP contribution in [0.15, 0.2) is 111 Å². The predicted octanol–water partition coefficient (Wildman–Crippen LogP) is 4.31. The van der Waals surface area contributed by atoms with Gasteiger partial charge in [0.25, 0.3) is 11.8 Å². The number of hydrogen-bond acceptors (Lipinski definition) is 10. The van der Waals surface area contributed by atoms with Crippen LogP contribution in [0.2, 0.25) is 0 Å². The first-order chi connectivity index (χ1) is 20.5. The Balaban J connectivity index is 1.28. The highest BCUT2D eigenvalue weighted by Gasteiger charge is 2.55. The van der Waals surface area contributed by atoms with Crippen molar-refractivity contribution in [1.29, 1.82) is 0 Å². The number of aromatic nitrogens is 2. The zero-order valence-corrected chi connectivity index (χ0v) is 24.4. The number of benzene rings is 3. The van der Waals surface area contributed by atoms with Crippen molar-refractivity contribution in [2.75, 3.05) is 5.75 Å². The number of nitrogens with zero attached hydrogens (tertiary/aromatic N) is 3. The maximum absolute atomic E-state index is 14.0. The molecule has 2 N–H and O–H groups in total. The number of hydrogen-bond donors (Lipinski definition) is 2. The first-order valence-corrected chi connectivity index (χ1v) is 15.7. The lowest BCUT2D eigenvalue weighted by molar-refractivity contribution is -0.155. The highest BCUT2D eigenvalue weighted by atomic mass is 32.2. The Morgan fingerprint density at radius 2 is 1.55 bits per heavy atom. The standard InChI is InChI=1S/C30H24N4O5S3/c35-24(18-10-4-1-5-11-18)26(36)32-22-27(37)34-23(21(16-40-28(22)34)42-30-33-31-17-41-30)29(38)39-25(19-12-6-2-7-13-19)20-14-8-3-9-15-20/h1-15,17,22,24-25,28,35H,16H2,(H,32,36)/t22-,24?,28-/m1/s1. The molecule has 4 aromatic rings. The van der Waals surface area contributed by atoms with E-state index < -0.39 is 41.4 Å². The molecule has 12 heteroatoms. The summed E-state index contributed by atoms with van der Waals surface area (Å²) in [4.78, 5) is 42.4. The van der Waals surface area contributed by atoms with Gasteiger partial charge in [-0.2, -0.15) is 0 Å². The number of amides is 2. The molecule has 3 aromatic carbocycles. The van der Waals surface area contributed by atoms with Gasteiger partial charge in [-0.05, 0) is 16.7 Å². The minimum absolute atomic E-state index is 0.120. The molecule has 1 aromatic heterocycles. The summed E-state index contributed by atoms with van der Waals surface area (Å²) in [5.74, 6) is -1.42. The Kier molecular flexibility index (Phi) is 8.38. The number of nitrogens with one attached hydrogen (secondary N) is 1. The van der Waals surface area contributed by atoms with Gasteiger partial charge < -0.3 is 15.2 Å². The number of aliphatic hydroxyl groups is 1. The number of aliphatic hydroxyl groups excluding tert-OH is 1. The van der Waals surface area contributed by atoms with E-state index in [1.54, 1.807) is 35.8 Å². The topological polar surface area (TPSA) is 122 Å². The molecule has 0 radical (unpaired) electrons. The zero-order chi connectivity index (χ0) is 29.1. The third-order valence-corrected chi connectivity index (χ3v) is 10.1. The number of fused-ring (bicyclic) bond motifs is 1. The SMILES string of the molecule is O=C(OC(c1ccccc1)c1ccccc1)C1=C(Sc2nncs2)CS[C@@H]2[C@H](NC(=O)C(O)c3ccccc3)C(=O)N12. The molecule has 1 saturated heterocycles. The van der Waals surface area contributed by atoms with Crippen LogP contribution in [0.25, 0.3) is 0 Å². The summed E-state index contributed by atoms with van der Waals surface area (Å²) in [7, 11) is 0. The van der Waals surface area contributed by atoms with Gasteiger partial charge in [-0.25, -0.2) is 4.79 Å². The van der Waals surface area contributed by atoms with Crippen LogP contribution in [0, 0.1) is 0 Å². The van der Waals surface area contributed by atoms with E-state index in [0.29, 0.717) is 20.6 Å². The van der Waals surface area contributed by atoms with Crippen LogP contribution in [0.4, 0.5) is 0 Å². The first-order valence-electron chi connectivity index (χ1n) is 13.0. The summed E-state index contributed by atoms with van der Waals surface area (Å²) in [5.41, 5.74) is 3.71. The summed E-state index contributed by atoms with van der Waals surface area (Å²) in [5, 5.41) is 20.6. The van der Waals surface area contributed by atoms with Crippen LogP contribution in [0.5, 0.6) is 0 Å². The van der Waals surface area contributed by atoms with Crippen LogP contribution in [-0.2, 0) is 19.1 Å². The summed E-state index contributed by atoms with van der Waals surface area (Å²) in [6.07, 6.45) is -2.14. The van der Waals surface area contributed by atoms with Gasteiger partial charge in [0.2, 0.25) is 0 Å². The molecule has 6 rings (SSSR count). The lowest BCUT2D eigenvalue weighted by Crippen LogP contribution is -2.70. The van der Waals surface area contributed by atoms with E-state index in [9.17, 15) is 19.5 Å². The predicted molar refractivity (Wildman–Crippen MR) is 160 cm³/mol. The van der Waals surface area contributed by atoms with Crippen molar-refractivity contribution in [3.63, 3.8) is 0 Å². The molecule has 2 aliphatic rings. The fourth-order valence-corrected chi connectivity index (χ4v) is 7.85. The maximum Gasteiger partial charge on any atom is 0.356 e. The second kappa shape index (κ2) is 12.5. The second-order valence-corrected chi connectivity index (χ2v) is 12.7. The third-order valence-electron chi connectivity index (χ3n) is 6.77. The van der Waals surface area contributed by atoms with Crippen molar-refractivity contribution in [3.05, 3.63) is 124 Å². The van der Waals surface area contributed by atoms with Crippen LogP contribution >= 0.6 is 34.9 Å². The van der Waals surface area contributed by atoms with Crippen molar-refractivity contribution in [1.82, 2.24) is 20.4 Å². The van der Waals surface area contributed by atoms with Crippen LogP contribution in [0.3, 0.4) is 0 Å². The highest BCUT2D eigenvalue weighted by molar-refractivity contribution is 8.07. The number of rotatable bonds is 9. The van der Waals surface area contributed by atoms with E-state index in [-0.39, 0.29) is 5.70 Å². The Labute approximate surface area is 254 Å². The van der Waals surface area contributed by atoms with E-state index in [1.165, 1.54) is 39.8 Å². The molecule has 0 spiro atoms. The fourth-order valence-electron chi connectivity index (χ4n) is 4.74. The van der Waals surface area contributed by atoms with Crippen LogP contribution < -0.4 is 5.32 Å². The number of thioether (sulfide) groups is 2. The van der Waals surface area contributed by atoms with E-state index >= 15 is 0 Å². The van der Waals surface area contributed by atoms with Gasteiger partial charge in [0.15, 0.2) is 16.5 Å². The smallest absolute Gasteiger partial charge is 0.356 e. The number of ether oxygens (including phenoxy) is 1. The molecule has 1 fully saturated rings. The van der Waals surface area contributed by atoms with Gasteiger partial charge in [-0.1, -0.05) is 114 Å². The third kappa shape index (κ3) is 5.71. The molecule has 0 saturated carbocycles. The van der Waals surface area contributed by atoms with E-state index in [4.69, 9.17) is 4.74 Å². The fraction of sp³-hybridized carbons (Fsp3) is 0.167. The van der Waals surface area contributed by atoms with Crippen molar-refractivity contribution in [2.45, 2.75) is 28.0 Å². The Bertz CT molecular complexity index is 1560. The lowest BCUT2D eigenvalue weighted by atomic mass is 10.0. The zero-order valence-electron chi connectivity index (χ0n) is 21.9. The maximum atomic E-state index is 14.0. The quantitative estimate of drug-likeness (QED) is 0.209. The van der Waals surface area contributed by atoms with Gasteiger partial charge >= 0.3 is 5.97 Å². The molecule has 3 heterocycles. The molecule has 1 unspecified atom stereocenters. The van der Waals surface area contributed by atoms with E-state index in [0.717, 1.165) is 11.1 Å². The van der Waals surface area contributed by atoms with Gasteiger partial charge in [0.05, 0.1) is 0 Å². The molecular weight excluding hydrogens is 593 g/mol. The summed E-state index contributed by atoms with van der Waals surface area (Å²) in [6, 6.07) is 26.4. The van der Waals surface area contributed by atoms with Gasteiger partial charge in [-0.3, -0.25) is 14.5 Å². The Morgan fingerprint density at radius 1 is 0.952 bits per heavy atom. The van der Waals surface area contributed by atoms with Gasteiger partial charge in [0.1, 0.15) is 22.6 Å². The molecule has 212 valence electrons. The number of β-lactam (4-membered cyclic amide) rings is 1. The average molecular weight is 617 g/mol. The van der Waals surface area contributed by atoms with Crippen LogP contribution in [0.1, 0.15) is 28.9 Å². The molecule has 0 aliphatic carbocycles. The van der Waals surface area contributed by atoms with Crippen LogP contribution in [-0.4, -0.2) is 55.2 Å². The minimum atomic E-state index is -1.43. The normalized spacial score (nSPS) is 18.7. The molecule has 3 atom stereocenters. The molecule has 2 aliphatic heterocycles. The molecule has 42 heavy (non-hydrogen) atoms. The second-order valence-electron chi connectivity index (χ2n) is 9.39. The lowest BCUT2D eigenvalue weighted by Gasteiger charge is -2.49. The average Bonchev–Trinajstić information content (AvgIpc) is 3.56. The van der Waals surface area contributed by atoms with E-state index in [1.807, 2.05) is 60.7 Å². The largest absolute Gasteiger partial charge is 0.448 e. The Hall–Kier alpha value is -3.97. The van der Waals surface area contributed by atoms with Gasteiger partial charge in [0, 0.05) is 10.7 Å². The van der Waals surface area contributed by atoms with E-state index in [2.05, 4.69) is 15.5 Å². The summed E-state index contributed by atoms with van der Waals surface area (Å²) < 4.78 is 6.78. The molecule has 0 bridgehead atoms. The van der Waals surface area contributed by atoms with Crippen molar-refractivity contribution in [3.8, 4) is 0 Å². The number of carbonyl (C=O) groups is 3. The molecular formula is C30H24N4O5S3.